The Kier molecular flexibility index (Phi) is 4.05. The van der Waals surface area contributed by atoms with Gasteiger partial charge < -0.3 is 5.73 Å². The van der Waals surface area contributed by atoms with Crippen LogP contribution in [0.15, 0.2) is 24.3 Å². The number of rotatable bonds is 1. The van der Waals surface area contributed by atoms with Gasteiger partial charge in [0.15, 0.2) is 0 Å². The Balaban J connectivity index is 0.00000128. The molecule has 1 fully saturated rings. The standard InChI is InChI=1S/C12H14FNO.ClH/c13-10-3-1-9(2-4-10)12(14)7-5-11(15)6-8-12;/h1-4H,5-8,14H2;1H. The highest BCUT2D eigenvalue weighted by Crippen LogP contribution is 2.33. The zero-order chi connectivity index (χ0) is 10.9. The van der Waals surface area contributed by atoms with Crippen molar-refractivity contribution in [3.8, 4) is 0 Å². The minimum atomic E-state index is -0.443. The van der Waals surface area contributed by atoms with Crippen LogP contribution in [-0.4, -0.2) is 5.78 Å². The molecular formula is C12H15ClFNO. The fourth-order valence-electron chi connectivity index (χ4n) is 2.05. The van der Waals surface area contributed by atoms with E-state index in [1.54, 1.807) is 12.1 Å². The third-order valence-corrected chi connectivity index (χ3v) is 3.12. The highest BCUT2D eigenvalue weighted by molar-refractivity contribution is 5.85. The van der Waals surface area contributed by atoms with Crippen molar-refractivity contribution in [1.29, 1.82) is 0 Å². The smallest absolute Gasteiger partial charge is 0.133 e. The van der Waals surface area contributed by atoms with Gasteiger partial charge >= 0.3 is 0 Å². The summed E-state index contributed by atoms with van der Waals surface area (Å²) in [6, 6.07) is 6.26. The van der Waals surface area contributed by atoms with Crippen molar-refractivity contribution >= 4 is 18.2 Å². The largest absolute Gasteiger partial charge is 0.321 e. The summed E-state index contributed by atoms with van der Waals surface area (Å²) in [5.74, 6) is 0.0208. The molecule has 0 saturated heterocycles. The molecule has 0 atom stereocenters. The molecule has 0 spiro atoms. The molecule has 0 bridgehead atoms. The summed E-state index contributed by atoms with van der Waals surface area (Å²) < 4.78 is 12.7. The van der Waals surface area contributed by atoms with Crippen LogP contribution in [0.4, 0.5) is 4.39 Å². The predicted molar refractivity (Wildman–Crippen MR) is 63.0 cm³/mol. The van der Waals surface area contributed by atoms with Gasteiger partial charge in [-0.3, -0.25) is 4.79 Å². The molecule has 0 aromatic heterocycles. The maximum absolute atomic E-state index is 12.7. The molecule has 0 heterocycles. The number of hydrogen-bond acceptors (Lipinski definition) is 2. The first-order chi connectivity index (χ1) is 7.10. The van der Waals surface area contributed by atoms with Crippen molar-refractivity contribution in [2.45, 2.75) is 31.2 Å². The fraction of sp³-hybridized carbons (Fsp3) is 0.417. The van der Waals surface area contributed by atoms with Crippen LogP contribution < -0.4 is 5.73 Å². The first-order valence-corrected chi connectivity index (χ1v) is 5.17. The molecule has 0 radical (unpaired) electrons. The Morgan fingerprint density at radius 2 is 1.62 bits per heavy atom. The van der Waals surface area contributed by atoms with Crippen LogP contribution in [0.1, 0.15) is 31.2 Å². The van der Waals surface area contributed by atoms with E-state index in [9.17, 15) is 9.18 Å². The summed E-state index contributed by atoms with van der Waals surface area (Å²) in [7, 11) is 0. The molecule has 16 heavy (non-hydrogen) atoms. The monoisotopic (exact) mass is 243 g/mol. The Bertz CT molecular complexity index is 367. The maximum atomic E-state index is 12.7. The van der Waals surface area contributed by atoms with Gasteiger partial charge in [-0.05, 0) is 30.5 Å². The van der Waals surface area contributed by atoms with Crippen LogP contribution >= 0.6 is 12.4 Å². The van der Waals surface area contributed by atoms with Crippen molar-refractivity contribution in [3.63, 3.8) is 0 Å². The summed E-state index contributed by atoms with van der Waals surface area (Å²) >= 11 is 0. The molecule has 1 aliphatic rings. The van der Waals surface area contributed by atoms with Gasteiger partial charge in [0.25, 0.3) is 0 Å². The predicted octanol–water partition coefficient (Wildman–Crippen LogP) is 2.54. The van der Waals surface area contributed by atoms with E-state index < -0.39 is 5.54 Å². The Morgan fingerprint density at radius 1 is 1.12 bits per heavy atom. The molecule has 1 aliphatic carbocycles. The van der Waals surface area contributed by atoms with E-state index in [1.165, 1.54) is 12.1 Å². The lowest BCUT2D eigenvalue weighted by Crippen LogP contribution is -2.40. The third kappa shape index (κ3) is 2.60. The topological polar surface area (TPSA) is 43.1 Å². The van der Waals surface area contributed by atoms with Gasteiger partial charge in [0, 0.05) is 18.4 Å². The number of hydrogen-bond donors (Lipinski definition) is 1. The minimum Gasteiger partial charge on any atom is -0.321 e. The van der Waals surface area contributed by atoms with E-state index in [2.05, 4.69) is 0 Å². The first kappa shape index (κ1) is 13.1. The quantitative estimate of drug-likeness (QED) is 0.824. The molecule has 1 aromatic rings. The normalized spacial score (nSPS) is 19.0. The van der Waals surface area contributed by atoms with Gasteiger partial charge in [0.1, 0.15) is 11.6 Å². The molecule has 4 heteroatoms. The van der Waals surface area contributed by atoms with Crippen LogP contribution in [0.5, 0.6) is 0 Å². The van der Waals surface area contributed by atoms with E-state index in [-0.39, 0.29) is 24.0 Å². The molecule has 0 unspecified atom stereocenters. The number of Topliss-reactive ketones (excluding diaryl/α,β-unsaturated/α-hetero) is 1. The van der Waals surface area contributed by atoms with Crippen molar-refractivity contribution in [3.05, 3.63) is 35.6 Å². The second-order valence-corrected chi connectivity index (χ2v) is 4.20. The zero-order valence-corrected chi connectivity index (χ0v) is 9.73. The molecule has 88 valence electrons. The SMILES string of the molecule is Cl.NC1(c2ccc(F)cc2)CCC(=O)CC1. The molecule has 1 saturated carbocycles. The summed E-state index contributed by atoms with van der Waals surface area (Å²) in [5.41, 5.74) is 6.70. The van der Waals surface area contributed by atoms with Crippen molar-refractivity contribution in [1.82, 2.24) is 0 Å². The molecule has 0 amide bonds. The molecule has 2 nitrogen and oxygen atoms in total. The van der Waals surface area contributed by atoms with Crippen molar-refractivity contribution < 1.29 is 9.18 Å². The number of carbonyl (C=O) groups is 1. The number of halogens is 2. The average Bonchev–Trinajstić information content (AvgIpc) is 2.24. The van der Waals surface area contributed by atoms with Gasteiger partial charge in [-0.15, -0.1) is 12.4 Å². The second-order valence-electron chi connectivity index (χ2n) is 4.20. The number of carbonyl (C=O) groups excluding carboxylic acids is 1. The highest BCUT2D eigenvalue weighted by atomic mass is 35.5. The third-order valence-electron chi connectivity index (χ3n) is 3.12. The van der Waals surface area contributed by atoms with Gasteiger partial charge in [-0.25, -0.2) is 4.39 Å². The Hall–Kier alpha value is -0.930. The molecule has 2 N–H and O–H groups in total. The lowest BCUT2D eigenvalue weighted by molar-refractivity contribution is -0.121. The molecular weight excluding hydrogens is 229 g/mol. The summed E-state index contributed by atoms with van der Waals surface area (Å²) in [6.07, 6.45) is 2.40. The first-order valence-electron chi connectivity index (χ1n) is 5.17. The minimum absolute atomic E-state index is 0. The van der Waals surface area contributed by atoms with E-state index in [1.807, 2.05) is 0 Å². The number of benzene rings is 1. The van der Waals surface area contributed by atoms with E-state index in [0.717, 1.165) is 5.56 Å². The number of ketones is 1. The van der Waals surface area contributed by atoms with Crippen LogP contribution in [0.3, 0.4) is 0 Å². The molecule has 1 aromatic carbocycles. The van der Waals surface area contributed by atoms with Crippen molar-refractivity contribution in [2.24, 2.45) is 5.73 Å². The maximum Gasteiger partial charge on any atom is 0.133 e. The van der Waals surface area contributed by atoms with E-state index >= 15 is 0 Å². The van der Waals surface area contributed by atoms with Gasteiger partial charge in [-0.1, -0.05) is 12.1 Å². The Morgan fingerprint density at radius 3 is 2.12 bits per heavy atom. The lowest BCUT2D eigenvalue weighted by Gasteiger charge is -2.33. The molecule has 0 aliphatic heterocycles. The summed E-state index contributed by atoms with van der Waals surface area (Å²) in [4.78, 5) is 11.1. The number of nitrogens with two attached hydrogens (primary N) is 1. The zero-order valence-electron chi connectivity index (χ0n) is 8.91. The van der Waals surface area contributed by atoms with Crippen molar-refractivity contribution in [2.75, 3.05) is 0 Å². The fourth-order valence-corrected chi connectivity index (χ4v) is 2.05. The van der Waals surface area contributed by atoms with E-state index in [0.29, 0.717) is 25.7 Å². The summed E-state index contributed by atoms with van der Waals surface area (Å²) in [5, 5.41) is 0. The highest BCUT2D eigenvalue weighted by Gasteiger charge is 2.32. The average molecular weight is 244 g/mol. The van der Waals surface area contributed by atoms with Crippen LogP contribution in [0, 0.1) is 5.82 Å². The second kappa shape index (κ2) is 4.93. The lowest BCUT2D eigenvalue weighted by atomic mass is 9.77. The van der Waals surface area contributed by atoms with Gasteiger partial charge in [0.2, 0.25) is 0 Å². The van der Waals surface area contributed by atoms with Crippen LogP contribution in [0.25, 0.3) is 0 Å². The molecule has 2 rings (SSSR count). The Labute approximate surface area is 100 Å². The van der Waals surface area contributed by atoms with Gasteiger partial charge in [-0.2, -0.15) is 0 Å². The summed E-state index contributed by atoms with van der Waals surface area (Å²) in [6.45, 7) is 0. The van der Waals surface area contributed by atoms with Gasteiger partial charge in [0.05, 0.1) is 0 Å². The van der Waals surface area contributed by atoms with E-state index in [4.69, 9.17) is 5.73 Å². The van der Waals surface area contributed by atoms with Crippen LogP contribution in [0.2, 0.25) is 0 Å². The van der Waals surface area contributed by atoms with Crippen LogP contribution in [-0.2, 0) is 10.3 Å².